The third-order valence-electron chi connectivity index (χ3n) is 3.03. The highest BCUT2D eigenvalue weighted by atomic mass is 16.5. The Morgan fingerprint density at radius 2 is 2.29 bits per heavy atom. The van der Waals surface area contributed by atoms with Crippen molar-refractivity contribution in [2.75, 3.05) is 19.7 Å². The Hall–Kier alpha value is -1.55. The van der Waals surface area contributed by atoms with Crippen LogP contribution in [0.3, 0.4) is 0 Å². The number of nitrogens with two attached hydrogens (primary N) is 1. The molecule has 1 aliphatic rings. The molecular formula is C13H18N2O2. The number of benzene rings is 1. The van der Waals surface area contributed by atoms with Gasteiger partial charge in [0, 0.05) is 12.5 Å². The highest BCUT2D eigenvalue weighted by molar-refractivity contribution is 5.95. The lowest BCUT2D eigenvalue weighted by molar-refractivity contribution is 0.0995. The standard InChI is InChI=1S/C13H18N2O2/c14-13(16)11-5-1-2-6-12(11)17-9-10-4-3-7-15-8-10/h1-2,5-6,10,15H,3-4,7-9H2,(H2,14,16). The molecule has 1 saturated heterocycles. The van der Waals surface area contributed by atoms with E-state index in [0.29, 0.717) is 23.8 Å². The Labute approximate surface area is 101 Å². The molecule has 1 unspecified atom stereocenters. The van der Waals surface area contributed by atoms with Crippen LogP contribution < -0.4 is 15.8 Å². The first kappa shape index (κ1) is 11.9. The fraction of sp³-hybridized carbons (Fsp3) is 0.462. The van der Waals surface area contributed by atoms with Crippen molar-refractivity contribution in [1.29, 1.82) is 0 Å². The number of nitrogens with one attached hydrogen (secondary N) is 1. The van der Waals surface area contributed by atoms with E-state index in [1.165, 1.54) is 12.8 Å². The van der Waals surface area contributed by atoms with Crippen LogP contribution >= 0.6 is 0 Å². The number of hydrogen-bond donors (Lipinski definition) is 2. The fourth-order valence-electron chi connectivity index (χ4n) is 2.07. The van der Waals surface area contributed by atoms with Gasteiger partial charge in [-0.05, 0) is 31.5 Å². The van der Waals surface area contributed by atoms with Gasteiger partial charge in [-0.25, -0.2) is 0 Å². The monoisotopic (exact) mass is 234 g/mol. The van der Waals surface area contributed by atoms with Crippen molar-refractivity contribution in [3.8, 4) is 5.75 Å². The highest BCUT2D eigenvalue weighted by Crippen LogP contribution is 2.19. The molecule has 1 heterocycles. The van der Waals surface area contributed by atoms with Crippen LogP contribution in [0.1, 0.15) is 23.2 Å². The van der Waals surface area contributed by atoms with Crippen molar-refractivity contribution in [2.24, 2.45) is 11.7 Å². The first-order valence-corrected chi connectivity index (χ1v) is 5.99. The lowest BCUT2D eigenvalue weighted by atomic mass is 10.0. The van der Waals surface area contributed by atoms with Crippen molar-refractivity contribution in [1.82, 2.24) is 5.32 Å². The van der Waals surface area contributed by atoms with E-state index in [4.69, 9.17) is 10.5 Å². The Balaban J connectivity index is 1.96. The van der Waals surface area contributed by atoms with Gasteiger partial charge in [0.15, 0.2) is 0 Å². The van der Waals surface area contributed by atoms with Gasteiger partial charge in [-0.2, -0.15) is 0 Å². The van der Waals surface area contributed by atoms with Gasteiger partial charge in [-0.3, -0.25) is 4.79 Å². The Morgan fingerprint density at radius 3 is 3.00 bits per heavy atom. The molecule has 0 bridgehead atoms. The van der Waals surface area contributed by atoms with Crippen LogP contribution in [0.15, 0.2) is 24.3 Å². The van der Waals surface area contributed by atoms with E-state index in [1.807, 2.05) is 6.07 Å². The molecule has 1 amide bonds. The van der Waals surface area contributed by atoms with Gasteiger partial charge in [0.1, 0.15) is 5.75 Å². The number of primary amides is 1. The van der Waals surface area contributed by atoms with E-state index in [9.17, 15) is 4.79 Å². The average molecular weight is 234 g/mol. The minimum atomic E-state index is -0.442. The van der Waals surface area contributed by atoms with E-state index in [0.717, 1.165) is 13.1 Å². The maximum absolute atomic E-state index is 11.2. The van der Waals surface area contributed by atoms with Gasteiger partial charge in [0.2, 0.25) is 0 Å². The van der Waals surface area contributed by atoms with Crippen LogP contribution in [0, 0.1) is 5.92 Å². The van der Waals surface area contributed by atoms with Gasteiger partial charge in [-0.1, -0.05) is 12.1 Å². The third-order valence-corrected chi connectivity index (χ3v) is 3.03. The Morgan fingerprint density at radius 1 is 1.47 bits per heavy atom. The summed E-state index contributed by atoms with van der Waals surface area (Å²) in [5, 5.41) is 3.34. The lowest BCUT2D eigenvalue weighted by Gasteiger charge is -2.23. The minimum Gasteiger partial charge on any atom is -0.492 e. The molecule has 17 heavy (non-hydrogen) atoms. The second-order valence-corrected chi connectivity index (χ2v) is 4.38. The molecule has 0 radical (unpaired) electrons. The summed E-state index contributed by atoms with van der Waals surface area (Å²) >= 11 is 0. The number of rotatable bonds is 4. The van der Waals surface area contributed by atoms with Gasteiger partial charge < -0.3 is 15.8 Å². The van der Waals surface area contributed by atoms with E-state index in [2.05, 4.69) is 5.32 Å². The molecule has 0 spiro atoms. The third kappa shape index (κ3) is 3.20. The molecule has 2 rings (SSSR count). The van der Waals surface area contributed by atoms with Crippen LogP contribution in [0.5, 0.6) is 5.75 Å². The van der Waals surface area contributed by atoms with E-state index < -0.39 is 5.91 Å². The molecule has 1 fully saturated rings. The van der Waals surface area contributed by atoms with E-state index in [1.54, 1.807) is 18.2 Å². The second kappa shape index (κ2) is 5.68. The zero-order valence-electron chi connectivity index (χ0n) is 9.82. The summed E-state index contributed by atoms with van der Waals surface area (Å²) in [4.78, 5) is 11.2. The van der Waals surface area contributed by atoms with Crippen LogP contribution in [-0.4, -0.2) is 25.6 Å². The molecule has 4 nitrogen and oxygen atoms in total. The van der Waals surface area contributed by atoms with Crippen molar-refractivity contribution < 1.29 is 9.53 Å². The largest absolute Gasteiger partial charge is 0.492 e. The summed E-state index contributed by atoms with van der Waals surface area (Å²) in [7, 11) is 0. The van der Waals surface area contributed by atoms with Crippen molar-refractivity contribution in [3.05, 3.63) is 29.8 Å². The Kier molecular flexibility index (Phi) is 3.98. The number of ether oxygens (including phenoxy) is 1. The maximum atomic E-state index is 11.2. The molecule has 3 N–H and O–H groups in total. The van der Waals surface area contributed by atoms with Crippen LogP contribution in [0.2, 0.25) is 0 Å². The predicted octanol–water partition coefficient (Wildman–Crippen LogP) is 1.16. The van der Waals surface area contributed by atoms with E-state index >= 15 is 0 Å². The summed E-state index contributed by atoms with van der Waals surface area (Å²) in [5.74, 6) is 0.664. The van der Waals surface area contributed by atoms with Gasteiger partial charge in [-0.15, -0.1) is 0 Å². The number of carbonyl (C=O) groups is 1. The molecular weight excluding hydrogens is 216 g/mol. The molecule has 1 aliphatic heterocycles. The zero-order valence-corrected chi connectivity index (χ0v) is 9.82. The van der Waals surface area contributed by atoms with Gasteiger partial charge in [0.05, 0.1) is 12.2 Å². The average Bonchev–Trinajstić information content (AvgIpc) is 2.38. The minimum absolute atomic E-state index is 0.442. The first-order valence-electron chi connectivity index (χ1n) is 5.99. The topological polar surface area (TPSA) is 64.4 Å². The molecule has 1 aromatic rings. The summed E-state index contributed by atoms with van der Waals surface area (Å²) < 4.78 is 5.70. The Bertz CT molecular complexity index is 387. The second-order valence-electron chi connectivity index (χ2n) is 4.38. The summed E-state index contributed by atoms with van der Waals surface area (Å²) in [6.07, 6.45) is 2.36. The van der Waals surface area contributed by atoms with Gasteiger partial charge >= 0.3 is 0 Å². The van der Waals surface area contributed by atoms with Crippen molar-refractivity contribution >= 4 is 5.91 Å². The number of amides is 1. The van der Waals surface area contributed by atoms with Gasteiger partial charge in [0.25, 0.3) is 5.91 Å². The number of carbonyl (C=O) groups excluding carboxylic acids is 1. The lowest BCUT2D eigenvalue weighted by Crippen LogP contribution is -2.33. The van der Waals surface area contributed by atoms with E-state index in [-0.39, 0.29) is 0 Å². The molecule has 0 aromatic heterocycles. The normalized spacial score (nSPS) is 19.9. The van der Waals surface area contributed by atoms with Crippen LogP contribution in [-0.2, 0) is 0 Å². The molecule has 0 aliphatic carbocycles. The maximum Gasteiger partial charge on any atom is 0.252 e. The summed E-state index contributed by atoms with van der Waals surface area (Å²) in [6.45, 7) is 2.71. The molecule has 92 valence electrons. The zero-order chi connectivity index (χ0) is 12.1. The molecule has 4 heteroatoms. The smallest absolute Gasteiger partial charge is 0.252 e. The number of piperidine rings is 1. The number of para-hydroxylation sites is 1. The van der Waals surface area contributed by atoms with Crippen molar-refractivity contribution in [3.63, 3.8) is 0 Å². The molecule has 1 aromatic carbocycles. The quantitative estimate of drug-likeness (QED) is 0.821. The molecule has 1 atom stereocenters. The SMILES string of the molecule is NC(=O)c1ccccc1OCC1CCCNC1. The highest BCUT2D eigenvalue weighted by Gasteiger charge is 2.15. The summed E-state index contributed by atoms with van der Waals surface area (Å²) in [6, 6.07) is 7.11. The first-order chi connectivity index (χ1) is 8.27. The van der Waals surface area contributed by atoms with Crippen LogP contribution in [0.25, 0.3) is 0 Å². The summed E-state index contributed by atoms with van der Waals surface area (Å²) in [5.41, 5.74) is 5.75. The van der Waals surface area contributed by atoms with Crippen molar-refractivity contribution in [2.45, 2.75) is 12.8 Å². The molecule has 0 saturated carbocycles. The number of hydrogen-bond acceptors (Lipinski definition) is 3. The fourth-order valence-corrected chi connectivity index (χ4v) is 2.07. The predicted molar refractivity (Wildman–Crippen MR) is 66.0 cm³/mol. The van der Waals surface area contributed by atoms with Crippen LogP contribution in [0.4, 0.5) is 0 Å².